The lowest BCUT2D eigenvalue weighted by atomic mass is 10.1. The first-order valence-corrected chi connectivity index (χ1v) is 9.85. The number of para-hydroxylation sites is 2. The zero-order valence-corrected chi connectivity index (χ0v) is 16.9. The van der Waals surface area contributed by atoms with E-state index in [1.54, 1.807) is 24.1 Å². The Labute approximate surface area is 166 Å². The molecule has 1 heterocycles. The molecule has 5 nitrogen and oxygen atoms in total. The normalized spacial score (nSPS) is 15.9. The molecule has 0 bridgehead atoms. The van der Waals surface area contributed by atoms with E-state index in [0.717, 1.165) is 49.7 Å². The van der Waals surface area contributed by atoms with Crippen LogP contribution in [0.15, 0.2) is 48.5 Å². The maximum Gasteiger partial charge on any atom is 0.322 e. The van der Waals surface area contributed by atoms with E-state index in [1.165, 1.54) is 12.1 Å². The molecule has 0 saturated carbocycles. The van der Waals surface area contributed by atoms with Crippen LogP contribution < -0.4 is 10.2 Å². The molecule has 150 valence electrons. The number of rotatable bonds is 5. The quantitative estimate of drug-likeness (QED) is 0.840. The molecule has 0 aromatic heterocycles. The lowest BCUT2D eigenvalue weighted by molar-refractivity contribution is 0.208. The molecular weight excluding hydrogens is 355 g/mol. The summed E-state index contributed by atoms with van der Waals surface area (Å²) in [5.41, 5.74) is 2.76. The average Bonchev–Trinajstić information content (AvgIpc) is 2.73. The molecule has 2 amide bonds. The van der Waals surface area contributed by atoms with Gasteiger partial charge in [-0.15, -0.1) is 0 Å². The van der Waals surface area contributed by atoms with E-state index in [0.29, 0.717) is 0 Å². The van der Waals surface area contributed by atoms with E-state index in [-0.39, 0.29) is 17.9 Å². The Balaban J connectivity index is 1.69. The smallest absolute Gasteiger partial charge is 0.322 e. The van der Waals surface area contributed by atoms with Gasteiger partial charge in [0.25, 0.3) is 0 Å². The predicted octanol–water partition coefficient (Wildman–Crippen LogP) is 4.19. The second-order valence-corrected chi connectivity index (χ2v) is 7.21. The number of nitrogens with one attached hydrogen (secondary N) is 1. The number of hydrogen-bond acceptors (Lipinski definition) is 3. The number of carbonyl (C=O) groups is 1. The predicted molar refractivity (Wildman–Crippen MR) is 112 cm³/mol. The fourth-order valence-electron chi connectivity index (χ4n) is 3.50. The number of piperazine rings is 1. The van der Waals surface area contributed by atoms with Crippen molar-refractivity contribution in [2.75, 3.05) is 50.0 Å². The van der Waals surface area contributed by atoms with Gasteiger partial charge in [-0.1, -0.05) is 31.2 Å². The second kappa shape index (κ2) is 9.06. The van der Waals surface area contributed by atoms with Crippen LogP contribution in [-0.4, -0.2) is 55.6 Å². The van der Waals surface area contributed by atoms with E-state index in [9.17, 15) is 9.18 Å². The molecule has 0 unspecified atom stereocenters. The van der Waals surface area contributed by atoms with Gasteiger partial charge in [-0.2, -0.15) is 0 Å². The number of carbonyl (C=O) groups excluding carboxylic acids is 1. The summed E-state index contributed by atoms with van der Waals surface area (Å²) >= 11 is 0. The number of urea groups is 1. The fourth-order valence-corrected chi connectivity index (χ4v) is 3.50. The van der Waals surface area contributed by atoms with Crippen LogP contribution in [-0.2, 0) is 0 Å². The van der Waals surface area contributed by atoms with Crippen LogP contribution in [0.4, 0.5) is 20.6 Å². The number of anilines is 2. The summed E-state index contributed by atoms with van der Waals surface area (Å²) in [5, 5.41) is 3.05. The van der Waals surface area contributed by atoms with Crippen LogP contribution in [0, 0.1) is 5.82 Å². The van der Waals surface area contributed by atoms with Crippen molar-refractivity contribution >= 4 is 17.4 Å². The third kappa shape index (κ3) is 4.62. The standard InChI is InChI=1S/C22H29FN4O/c1-4-26-13-15-27(16-14-26)21-8-6-5-7-20(21)24-22(28)25(3)17(2)18-9-11-19(23)12-10-18/h5-12,17H,4,13-16H2,1-3H3,(H,24,28)/t17-/m0/s1. The Kier molecular flexibility index (Phi) is 6.52. The summed E-state index contributed by atoms with van der Waals surface area (Å²) < 4.78 is 13.2. The van der Waals surface area contributed by atoms with Crippen LogP contribution in [0.5, 0.6) is 0 Å². The molecule has 28 heavy (non-hydrogen) atoms. The van der Waals surface area contributed by atoms with E-state index >= 15 is 0 Å². The maximum atomic E-state index is 13.2. The van der Waals surface area contributed by atoms with Crippen molar-refractivity contribution in [1.29, 1.82) is 0 Å². The minimum absolute atomic E-state index is 0.166. The fraction of sp³-hybridized carbons (Fsp3) is 0.409. The summed E-state index contributed by atoms with van der Waals surface area (Å²) in [6.07, 6.45) is 0. The van der Waals surface area contributed by atoms with Gasteiger partial charge in [-0.3, -0.25) is 0 Å². The van der Waals surface area contributed by atoms with E-state index in [4.69, 9.17) is 0 Å². The highest BCUT2D eigenvalue weighted by atomic mass is 19.1. The topological polar surface area (TPSA) is 38.8 Å². The SMILES string of the molecule is CCN1CCN(c2ccccc2NC(=O)N(C)[C@@H](C)c2ccc(F)cc2)CC1. The molecule has 0 radical (unpaired) electrons. The molecule has 0 aliphatic carbocycles. The molecule has 2 aromatic carbocycles. The van der Waals surface area contributed by atoms with Crippen molar-refractivity contribution in [3.05, 3.63) is 59.9 Å². The first kappa shape index (κ1) is 20.1. The van der Waals surface area contributed by atoms with Gasteiger partial charge in [-0.05, 0) is 43.3 Å². The van der Waals surface area contributed by atoms with Crippen molar-refractivity contribution in [3.63, 3.8) is 0 Å². The minimum atomic E-state index is -0.278. The first-order chi connectivity index (χ1) is 13.5. The molecule has 1 fully saturated rings. The summed E-state index contributed by atoms with van der Waals surface area (Å²) in [6.45, 7) is 9.13. The molecule has 1 atom stereocenters. The highest BCUT2D eigenvalue weighted by molar-refractivity contribution is 5.93. The Morgan fingerprint density at radius 2 is 1.75 bits per heavy atom. The van der Waals surface area contributed by atoms with Crippen molar-refractivity contribution in [2.24, 2.45) is 0 Å². The molecule has 2 aromatic rings. The Hall–Kier alpha value is -2.60. The van der Waals surface area contributed by atoms with Crippen LogP contribution in [0.25, 0.3) is 0 Å². The Bertz CT molecular complexity index is 787. The second-order valence-electron chi connectivity index (χ2n) is 7.21. The molecule has 3 rings (SSSR count). The van der Waals surface area contributed by atoms with Crippen molar-refractivity contribution < 1.29 is 9.18 Å². The number of likely N-dealkylation sites (N-methyl/N-ethyl adjacent to an activating group) is 1. The van der Waals surface area contributed by atoms with Gasteiger partial charge in [0.1, 0.15) is 5.82 Å². The first-order valence-electron chi connectivity index (χ1n) is 9.85. The molecule has 1 aliphatic rings. The number of amides is 2. The van der Waals surface area contributed by atoms with Crippen LogP contribution >= 0.6 is 0 Å². The lowest BCUT2D eigenvalue weighted by Crippen LogP contribution is -2.46. The molecule has 1 aliphatic heterocycles. The number of nitrogens with zero attached hydrogens (tertiary/aromatic N) is 3. The van der Waals surface area contributed by atoms with Gasteiger partial charge in [0.15, 0.2) is 0 Å². The van der Waals surface area contributed by atoms with Gasteiger partial charge in [0.2, 0.25) is 0 Å². The van der Waals surface area contributed by atoms with E-state index < -0.39 is 0 Å². The molecule has 1 N–H and O–H groups in total. The number of halogens is 1. The van der Waals surface area contributed by atoms with Crippen molar-refractivity contribution in [2.45, 2.75) is 19.9 Å². The zero-order chi connectivity index (χ0) is 20.1. The maximum absolute atomic E-state index is 13.2. The lowest BCUT2D eigenvalue weighted by Gasteiger charge is -2.36. The van der Waals surface area contributed by atoms with E-state index in [1.807, 2.05) is 25.1 Å². The minimum Gasteiger partial charge on any atom is -0.367 e. The van der Waals surface area contributed by atoms with E-state index in [2.05, 4.69) is 28.1 Å². The third-order valence-corrected chi connectivity index (χ3v) is 5.56. The van der Waals surface area contributed by atoms with Gasteiger partial charge < -0.3 is 20.0 Å². The van der Waals surface area contributed by atoms with Crippen LogP contribution in [0.1, 0.15) is 25.5 Å². The summed E-state index contributed by atoms with van der Waals surface area (Å²) in [4.78, 5) is 19.2. The van der Waals surface area contributed by atoms with Gasteiger partial charge in [0.05, 0.1) is 17.4 Å². The number of hydrogen-bond donors (Lipinski definition) is 1. The molecule has 1 saturated heterocycles. The highest BCUT2D eigenvalue weighted by Gasteiger charge is 2.21. The third-order valence-electron chi connectivity index (χ3n) is 5.56. The van der Waals surface area contributed by atoms with Gasteiger partial charge >= 0.3 is 6.03 Å². The Morgan fingerprint density at radius 3 is 2.39 bits per heavy atom. The molecule has 0 spiro atoms. The molecular formula is C22H29FN4O. The molecule has 6 heteroatoms. The monoisotopic (exact) mass is 384 g/mol. The largest absolute Gasteiger partial charge is 0.367 e. The highest BCUT2D eigenvalue weighted by Crippen LogP contribution is 2.28. The summed E-state index contributed by atoms with van der Waals surface area (Å²) in [5.74, 6) is -0.278. The van der Waals surface area contributed by atoms with Crippen molar-refractivity contribution in [1.82, 2.24) is 9.80 Å². The van der Waals surface area contributed by atoms with Crippen molar-refractivity contribution in [3.8, 4) is 0 Å². The van der Waals surface area contributed by atoms with Crippen LogP contribution in [0.2, 0.25) is 0 Å². The summed E-state index contributed by atoms with van der Waals surface area (Å²) in [7, 11) is 1.76. The van der Waals surface area contributed by atoms with Crippen LogP contribution in [0.3, 0.4) is 0 Å². The van der Waals surface area contributed by atoms with Gasteiger partial charge in [-0.25, -0.2) is 9.18 Å². The summed E-state index contributed by atoms with van der Waals surface area (Å²) in [6, 6.07) is 13.8. The zero-order valence-electron chi connectivity index (χ0n) is 16.9. The number of benzene rings is 2. The average molecular weight is 384 g/mol. The van der Waals surface area contributed by atoms with Gasteiger partial charge in [0, 0.05) is 33.2 Å². The Morgan fingerprint density at radius 1 is 1.11 bits per heavy atom.